The zero-order chi connectivity index (χ0) is 16.5. The molecule has 0 aromatic rings. The van der Waals surface area contributed by atoms with Gasteiger partial charge in [-0.3, -0.25) is 0 Å². The van der Waals surface area contributed by atoms with E-state index in [1.54, 1.807) is 0 Å². The van der Waals surface area contributed by atoms with Crippen LogP contribution in [0, 0.1) is 0 Å². The van der Waals surface area contributed by atoms with Gasteiger partial charge in [0, 0.05) is 25.7 Å². The fourth-order valence-electron chi connectivity index (χ4n) is 3.62. The molecule has 132 valence electrons. The predicted molar refractivity (Wildman–Crippen MR) is 81.2 cm³/mol. The van der Waals surface area contributed by atoms with E-state index in [0.717, 1.165) is 0 Å². The van der Waals surface area contributed by atoms with E-state index >= 15 is 0 Å². The standard InChI is InChI=1S/C17H22O7/c18-15(23-13-3-1-5-16(11-13)19-7-8-20-16)24-14-4-2-6-17(12-14)21-9-10-22-17/h1-4,13-14H,5-12H2. The lowest BCUT2D eigenvalue weighted by atomic mass is 9.98. The molecule has 0 aromatic heterocycles. The van der Waals surface area contributed by atoms with Gasteiger partial charge >= 0.3 is 6.16 Å². The minimum absolute atomic E-state index is 0.412. The summed E-state index contributed by atoms with van der Waals surface area (Å²) in [6.45, 7) is 2.28. The van der Waals surface area contributed by atoms with Gasteiger partial charge in [0.1, 0.15) is 12.2 Å². The van der Waals surface area contributed by atoms with Gasteiger partial charge in [-0.15, -0.1) is 0 Å². The van der Waals surface area contributed by atoms with Gasteiger partial charge in [-0.2, -0.15) is 0 Å². The van der Waals surface area contributed by atoms with Crippen LogP contribution in [0.5, 0.6) is 0 Å². The Kier molecular flexibility index (Phi) is 4.34. The Bertz CT molecular complexity index is 483. The Morgan fingerprint density at radius 2 is 1.21 bits per heavy atom. The predicted octanol–water partition coefficient (Wildman–Crippen LogP) is 2.06. The zero-order valence-corrected chi connectivity index (χ0v) is 13.5. The molecule has 24 heavy (non-hydrogen) atoms. The first-order valence-corrected chi connectivity index (χ1v) is 8.44. The maximum absolute atomic E-state index is 12.1. The van der Waals surface area contributed by atoms with Crippen molar-refractivity contribution in [2.45, 2.75) is 49.5 Å². The second kappa shape index (κ2) is 6.48. The summed E-state index contributed by atoms with van der Waals surface area (Å²) >= 11 is 0. The number of rotatable bonds is 2. The monoisotopic (exact) mass is 338 g/mol. The van der Waals surface area contributed by atoms with Crippen LogP contribution in [0.2, 0.25) is 0 Å². The van der Waals surface area contributed by atoms with Crippen LogP contribution in [0.1, 0.15) is 25.7 Å². The van der Waals surface area contributed by atoms with Gasteiger partial charge in [0.25, 0.3) is 0 Å². The fourth-order valence-corrected chi connectivity index (χ4v) is 3.62. The highest BCUT2D eigenvalue weighted by atomic mass is 16.8. The number of hydrogen-bond acceptors (Lipinski definition) is 7. The number of ether oxygens (including phenoxy) is 6. The van der Waals surface area contributed by atoms with Crippen LogP contribution >= 0.6 is 0 Å². The normalized spacial score (nSPS) is 33.2. The third kappa shape index (κ3) is 3.35. The van der Waals surface area contributed by atoms with Gasteiger partial charge < -0.3 is 28.4 Å². The second-order valence-corrected chi connectivity index (χ2v) is 6.45. The molecule has 2 unspecified atom stereocenters. The van der Waals surface area contributed by atoms with Gasteiger partial charge in [-0.1, -0.05) is 12.2 Å². The molecule has 0 saturated carbocycles. The molecule has 2 aliphatic carbocycles. The lowest BCUT2D eigenvalue weighted by Gasteiger charge is -2.33. The third-order valence-corrected chi connectivity index (χ3v) is 4.71. The molecule has 2 atom stereocenters. The molecule has 0 aromatic carbocycles. The maximum Gasteiger partial charge on any atom is 0.509 e. The Hall–Kier alpha value is -1.41. The lowest BCUT2D eigenvalue weighted by Crippen LogP contribution is -2.40. The van der Waals surface area contributed by atoms with Crippen LogP contribution in [-0.2, 0) is 28.4 Å². The van der Waals surface area contributed by atoms with Crippen molar-refractivity contribution in [3.8, 4) is 0 Å². The summed E-state index contributed by atoms with van der Waals surface area (Å²) in [5.41, 5.74) is 0. The van der Waals surface area contributed by atoms with Crippen molar-refractivity contribution in [1.82, 2.24) is 0 Å². The summed E-state index contributed by atoms with van der Waals surface area (Å²) in [6.07, 6.45) is 8.31. The third-order valence-electron chi connectivity index (χ3n) is 4.71. The maximum atomic E-state index is 12.1. The van der Waals surface area contributed by atoms with Gasteiger partial charge in [-0.05, 0) is 12.2 Å². The lowest BCUT2D eigenvalue weighted by molar-refractivity contribution is -0.181. The van der Waals surface area contributed by atoms with Gasteiger partial charge in [0.2, 0.25) is 0 Å². The molecule has 7 nitrogen and oxygen atoms in total. The van der Waals surface area contributed by atoms with Crippen LogP contribution in [0.4, 0.5) is 4.79 Å². The van der Waals surface area contributed by atoms with Crippen molar-refractivity contribution >= 4 is 6.16 Å². The molecule has 2 aliphatic heterocycles. The van der Waals surface area contributed by atoms with E-state index in [1.807, 2.05) is 24.3 Å². The highest BCUT2D eigenvalue weighted by Gasteiger charge is 2.42. The molecule has 7 heteroatoms. The van der Waals surface area contributed by atoms with Gasteiger partial charge in [0.15, 0.2) is 11.6 Å². The van der Waals surface area contributed by atoms with Crippen molar-refractivity contribution in [3.63, 3.8) is 0 Å². The van der Waals surface area contributed by atoms with E-state index in [4.69, 9.17) is 28.4 Å². The van der Waals surface area contributed by atoms with Crippen molar-refractivity contribution in [2.24, 2.45) is 0 Å². The average molecular weight is 338 g/mol. The summed E-state index contributed by atoms with van der Waals surface area (Å²) in [6, 6.07) is 0. The van der Waals surface area contributed by atoms with E-state index in [1.165, 1.54) is 0 Å². The zero-order valence-electron chi connectivity index (χ0n) is 13.5. The van der Waals surface area contributed by atoms with Crippen LogP contribution in [0.25, 0.3) is 0 Å². The van der Waals surface area contributed by atoms with E-state index in [9.17, 15) is 4.79 Å². The molecular formula is C17H22O7. The SMILES string of the molecule is O=C(OC1C=CCC2(C1)OCCO2)OC1C=CCC2(C1)OCCO2. The van der Waals surface area contributed by atoms with E-state index < -0.39 is 29.9 Å². The number of carbonyl (C=O) groups is 1. The summed E-state index contributed by atoms with van der Waals surface area (Å²) < 4.78 is 33.4. The minimum Gasteiger partial charge on any atom is -0.427 e. The van der Waals surface area contributed by atoms with Crippen LogP contribution < -0.4 is 0 Å². The molecule has 0 bridgehead atoms. The first-order chi connectivity index (χ1) is 11.7. The summed E-state index contributed by atoms with van der Waals surface area (Å²) in [4.78, 5) is 12.1. The average Bonchev–Trinajstić information content (AvgIpc) is 3.18. The first-order valence-electron chi connectivity index (χ1n) is 8.44. The van der Waals surface area contributed by atoms with Crippen molar-refractivity contribution < 1.29 is 33.2 Å². The van der Waals surface area contributed by atoms with Gasteiger partial charge in [0.05, 0.1) is 26.4 Å². The molecule has 4 rings (SSSR count). The van der Waals surface area contributed by atoms with Gasteiger partial charge in [-0.25, -0.2) is 4.79 Å². The molecule has 4 aliphatic rings. The summed E-state index contributed by atoms with van der Waals surface area (Å²) in [5, 5.41) is 0. The number of carbonyl (C=O) groups excluding carboxylic acids is 1. The van der Waals surface area contributed by atoms with E-state index in [2.05, 4.69) is 0 Å². The molecule has 0 N–H and O–H groups in total. The molecular weight excluding hydrogens is 316 g/mol. The van der Waals surface area contributed by atoms with Crippen molar-refractivity contribution in [1.29, 1.82) is 0 Å². The Labute approximate surface area is 140 Å². The molecule has 2 spiro atoms. The Morgan fingerprint density at radius 1 is 0.792 bits per heavy atom. The van der Waals surface area contributed by atoms with Crippen LogP contribution in [0.3, 0.4) is 0 Å². The molecule has 0 radical (unpaired) electrons. The highest BCUT2D eigenvalue weighted by molar-refractivity contribution is 5.61. The summed E-state index contributed by atoms with van der Waals surface area (Å²) in [5.74, 6) is -1.31. The number of hydrogen-bond donors (Lipinski definition) is 0. The van der Waals surface area contributed by atoms with Crippen LogP contribution in [-0.4, -0.2) is 56.4 Å². The molecule has 2 fully saturated rings. The highest BCUT2D eigenvalue weighted by Crippen LogP contribution is 2.35. The van der Waals surface area contributed by atoms with E-state index in [-0.39, 0.29) is 0 Å². The van der Waals surface area contributed by atoms with Crippen LogP contribution in [0.15, 0.2) is 24.3 Å². The minimum atomic E-state index is -0.704. The van der Waals surface area contributed by atoms with Crippen molar-refractivity contribution in [3.05, 3.63) is 24.3 Å². The van der Waals surface area contributed by atoms with Crippen molar-refractivity contribution in [2.75, 3.05) is 26.4 Å². The fraction of sp³-hybridized carbons (Fsp3) is 0.706. The molecule has 2 saturated heterocycles. The second-order valence-electron chi connectivity index (χ2n) is 6.45. The summed E-state index contributed by atoms with van der Waals surface area (Å²) in [7, 11) is 0. The topological polar surface area (TPSA) is 72.5 Å². The largest absolute Gasteiger partial charge is 0.509 e. The Morgan fingerprint density at radius 3 is 1.62 bits per heavy atom. The molecule has 0 amide bonds. The quantitative estimate of drug-likeness (QED) is 0.564. The molecule has 2 heterocycles. The smallest absolute Gasteiger partial charge is 0.427 e. The first kappa shape index (κ1) is 16.1. The Balaban J connectivity index is 1.30. The van der Waals surface area contributed by atoms with E-state index in [0.29, 0.717) is 52.1 Å².